The molecule has 0 bridgehead atoms. The molecule has 1 atom stereocenters. The van der Waals surface area contributed by atoms with Gasteiger partial charge in [-0.2, -0.15) is 5.10 Å². The maximum Gasteiger partial charge on any atom is 0.436 e. The number of pyridine rings is 1. The van der Waals surface area contributed by atoms with Gasteiger partial charge in [-0.25, -0.2) is 19.3 Å². The minimum absolute atomic E-state index is 0.0137. The summed E-state index contributed by atoms with van der Waals surface area (Å²) in [5, 5.41) is 11.1. The van der Waals surface area contributed by atoms with E-state index < -0.39 is 24.0 Å². The molecular weight excluding hydrogens is 896 g/mol. The number of hydrogen-bond acceptors (Lipinski definition) is 10. The van der Waals surface area contributed by atoms with Gasteiger partial charge in [0, 0.05) is 49.7 Å². The van der Waals surface area contributed by atoms with Gasteiger partial charge in [-0.05, 0) is 109 Å². The Balaban J connectivity index is 0.856. The quantitative estimate of drug-likeness (QED) is 0.0444. The predicted molar refractivity (Wildman–Crippen MR) is 251 cm³/mol. The van der Waals surface area contributed by atoms with Gasteiger partial charge < -0.3 is 15.0 Å². The highest BCUT2D eigenvalue weighted by Crippen LogP contribution is 2.33. The molecule has 67 heavy (non-hydrogen) atoms. The highest BCUT2D eigenvalue weighted by molar-refractivity contribution is 6.38. The Kier molecular flexibility index (Phi) is 14.7. The van der Waals surface area contributed by atoms with Crippen LogP contribution in [0.5, 0.6) is 0 Å². The Morgan fingerprint density at radius 1 is 0.821 bits per heavy atom. The molecule has 6 aromatic rings. The number of carbonyl (C=O) groups is 6. The van der Waals surface area contributed by atoms with E-state index in [2.05, 4.69) is 38.3 Å². The molecule has 2 aromatic heterocycles. The van der Waals surface area contributed by atoms with Crippen molar-refractivity contribution in [1.82, 2.24) is 35.4 Å². The van der Waals surface area contributed by atoms with Crippen molar-refractivity contribution in [2.45, 2.75) is 56.9 Å². The fourth-order valence-electron chi connectivity index (χ4n) is 8.06. The fourth-order valence-corrected chi connectivity index (χ4v) is 8.62. The SMILES string of the molecule is O=C1CCC(Nc2ccc(C3CCN(C(=O)Cc4ccc(CCCN(NC(=O)c5cc(-c6ccccn6)c(Cl)cc5Cl)C(=O)OC(=O)c5ccn(-c6ccccc6)n5)cc4)CC3)cc2)C(=O)N1. The number of piperidine rings is 2. The average molecular weight is 942 g/mol. The van der Waals surface area contributed by atoms with Crippen LogP contribution in [0, 0.1) is 0 Å². The molecule has 2 saturated heterocycles. The highest BCUT2D eigenvalue weighted by atomic mass is 35.5. The van der Waals surface area contributed by atoms with Crippen molar-refractivity contribution in [3.05, 3.63) is 166 Å². The van der Waals surface area contributed by atoms with Crippen LogP contribution in [-0.4, -0.2) is 86.0 Å². The summed E-state index contributed by atoms with van der Waals surface area (Å²) in [6.45, 7) is 1.24. The molecule has 0 saturated carbocycles. The van der Waals surface area contributed by atoms with Gasteiger partial charge in [-0.1, -0.05) is 83.9 Å². The van der Waals surface area contributed by atoms with Gasteiger partial charge in [-0.3, -0.25) is 34.9 Å². The molecule has 0 aliphatic carbocycles. The number of ether oxygens (including phenoxy) is 1. The van der Waals surface area contributed by atoms with E-state index in [1.807, 2.05) is 59.5 Å². The number of hydrazine groups is 1. The minimum atomic E-state index is -1.13. The number of carbonyl (C=O) groups excluding carboxylic acids is 6. The van der Waals surface area contributed by atoms with E-state index in [1.165, 1.54) is 28.4 Å². The van der Waals surface area contributed by atoms with Crippen molar-refractivity contribution in [3.8, 4) is 16.9 Å². The zero-order valence-corrected chi connectivity index (χ0v) is 37.7. The molecule has 342 valence electrons. The molecule has 2 aliphatic rings. The third-order valence-corrected chi connectivity index (χ3v) is 12.4. The fraction of sp³-hybridized carbons (Fsp3) is 0.240. The third kappa shape index (κ3) is 11.7. The smallest absolute Gasteiger partial charge is 0.374 e. The number of amides is 5. The molecule has 5 amide bonds. The summed E-state index contributed by atoms with van der Waals surface area (Å²) in [7, 11) is 0. The molecule has 4 heterocycles. The number of hydrogen-bond donors (Lipinski definition) is 3. The molecule has 0 radical (unpaired) electrons. The molecule has 2 aliphatic heterocycles. The van der Waals surface area contributed by atoms with E-state index in [-0.39, 0.29) is 52.0 Å². The normalized spacial score (nSPS) is 15.1. The second-order valence-corrected chi connectivity index (χ2v) is 17.1. The summed E-state index contributed by atoms with van der Waals surface area (Å²) in [5.74, 6) is -1.95. The van der Waals surface area contributed by atoms with Crippen molar-refractivity contribution in [3.63, 3.8) is 0 Å². The highest BCUT2D eigenvalue weighted by Gasteiger charge is 2.28. The van der Waals surface area contributed by atoms with Crippen molar-refractivity contribution < 1.29 is 33.5 Å². The Hall–Kier alpha value is -7.36. The summed E-state index contributed by atoms with van der Waals surface area (Å²) in [5.41, 5.74) is 7.92. The summed E-state index contributed by atoms with van der Waals surface area (Å²) in [6.07, 6.45) is 5.56. The van der Waals surface area contributed by atoms with E-state index in [4.69, 9.17) is 27.9 Å². The van der Waals surface area contributed by atoms with Gasteiger partial charge in [0.1, 0.15) is 6.04 Å². The van der Waals surface area contributed by atoms with Gasteiger partial charge in [0.15, 0.2) is 5.69 Å². The standard InChI is InChI=1S/C50H46Cl2N8O7/c51-40-31-41(52)39(30-38(40)42-10-4-5-24-53-42)47(63)57-60(50(66)67-49(65)44-23-28-59(56-44)37-8-2-1-3-9-37)25-6-7-32-11-13-33(14-12-32)29-46(62)58-26-21-35(22-27-58)34-15-17-36(18-16-34)54-43-19-20-45(61)55-48(43)64/h1-5,8-18,23-24,28,30-31,35,43,54H,6-7,19-22,25-27,29H2,(H,57,63)(H,55,61,64). The summed E-state index contributed by atoms with van der Waals surface area (Å²) in [6, 6.07) is 33.9. The second kappa shape index (κ2) is 21.3. The maximum atomic E-state index is 13.8. The zero-order chi connectivity index (χ0) is 46.9. The van der Waals surface area contributed by atoms with Crippen LogP contribution in [0.3, 0.4) is 0 Å². The molecule has 4 aromatic carbocycles. The molecule has 8 rings (SSSR count). The molecule has 3 N–H and O–H groups in total. The van der Waals surface area contributed by atoms with Crippen LogP contribution >= 0.6 is 23.2 Å². The van der Waals surface area contributed by atoms with Crippen LogP contribution < -0.4 is 16.1 Å². The number of rotatable bonds is 13. The van der Waals surface area contributed by atoms with Crippen molar-refractivity contribution in [2.75, 3.05) is 25.0 Å². The molecule has 17 heteroatoms. The van der Waals surface area contributed by atoms with Gasteiger partial charge in [-0.15, -0.1) is 0 Å². The second-order valence-electron chi connectivity index (χ2n) is 16.3. The van der Waals surface area contributed by atoms with Crippen LogP contribution in [0.2, 0.25) is 10.0 Å². The number of nitrogens with zero attached hydrogens (tertiary/aromatic N) is 5. The molecule has 15 nitrogen and oxygen atoms in total. The van der Waals surface area contributed by atoms with Crippen LogP contribution in [0.4, 0.5) is 10.5 Å². The van der Waals surface area contributed by atoms with E-state index >= 15 is 0 Å². The topological polar surface area (TPSA) is 185 Å². The number of likely N-dealkylation sites (tertiary alicyclic amines) is 1. The zero-order valence-electron chi connectivity index (χ0n) is 36.2. The lowest BCUT2D eigenvalue weighted by Crippen LogP contribution is -2.47. The van der Waals surface area contributed by atoms with E-state index in [0.717, 1.165) is 34.7 Å². The Labute approximate surface area is 396 Å². The third-order valence-electron chi connectivity index (χ3n) is 11.7. The molecule has 1 unspecified atom stereocenters. The Morgan fingerprint density at radius 2 is 1.55 bits per heavy atom. The van der Waals surface area contributed by atoms with Crippen LogP contribution in [-0.2, 0) is 32.0 Å². The van der Waals surface area contributed by atoms with Gasteiger partial charge in [0.2, 0.25) is 17.7 Å². The largest absolute Gasteiger partial charge is 0.436 e. The van der Waals surface area contributed by atoms with Gasteiger partial charge in [0.25, 0.3) is 5.91 Å². The van der Waals surface area contributed by atoms with Crippen LogP contribution in [0.1, 0.15) is 75.6 Å². The first kappa shape index (κ1) is 46.2. The summed E-state index contributed by atoms with van der Waals surface area (Å²) in [4.78, 5) is 83.8. The van der Waals surface area contributed by atoms with Crippen molar-refractivity contribution >= 4 is 64.6 Å². The van der Waals surface area contributed by atoms with Crippen molar-refractivity contribution in [1.29, 1.82) is 0 Å². The number of para-hydroxylation sites is 1. The number of imide groups is 1. The van der Waals surface area contributed by atoms with Crippen LogP contribution in [0.25, 0.3) is 16.9 Å². The van der Waals surface area contributed by atoms with Crippen LogP contribution in [0.15, 0.2) is 128 Å². The number of anilines is 1. The Morgan fingerprint density at radius 3 is 2.27 bits per heavy atom. The van der Waals surface area contributed by atoms with E-state index in [9.17, 15) is 28.8 Å². The monoisotopic (exact) mass is 940 g/mol. The maximum absolute atomic E-state index is 13.8. The first-order valence-corrected chi connectivity index (χ1v) is 22.6. The van der Waals surface area contributed by atoms with Gasteiger partial charge >= 0.3 is 12.1 Å². The molecular formula is C50H46Cl2N8O7. The van der Waals surface area contributed by atoms with Gasteiger partial charge in [0.05, 0.1) is 33.4 Å². The summed E-state index contributed by atoms with van der Waals surface area (Å²) >= 11 is 13.0. The number of nitrogens with one attached hydrogen (secondary N) is 3. The van der Waals surface area contributed by atoms with E-state index in [0.29, 0.717) is 61.6 Å². The summed E-state index contributed by atoms with van der Waals surface area (Å²) < 4.78 is 6.70. The lowest BCUT2D eigenvalue weighted by molar-refractivity contribution is -0.134. The number of aromatic nitrogens is 3. The number of halogens is 2. The van der Waals surface area contributed by atoms with Crippen molar-refractivity contribution in [2.24, 2.45) is 0 Å². The number of benzene rings is 4. The number of aryl methyl sites for hydroxylation is 1. The minimum Gasteiger partial charge on any atom is -0.374 e. The lowest BCUT2D eigenvalue weighted by Gasteiger charge is -2.32. The van der Waals surface area contributed by atoms with E-state index in [1.54, 1.807) is 42.7 Å². The first-order chi connectivity index (χ1) is 32.5. The predicted octanol–water partition coefficient (Wildman–Crippen LogP) is 7.96. The lowest BCUT2D eigenvalue weighted by atomic mass is 9.89. The average Bonchev–Trinajstić information content (AvgIpc) is 3.85. The Bertz CT molecular complexity index is 2760. The molecule has 0 spiro atoms. The number of esters is 1. The molecule has 2 fully saturated rings. The first-order valence-electron chi connectivity index (χ1n) is 21.9.